The van der Waals surface area contributed by atoms with Gasteiger partial charge in [-0.05, 0) is 43.4 Å². The van der Waals surface area contributed by atoms with Crippen LogP contribution in [0.2, 0.25) is 0 Å². The quantitative estimate of drug-likeness (QED) is 0.622. The van der Waals surface area contributed by atoms with E-state index in [-0.39, 0.29) is 23.0 Å². The number of Topliss-reactive ketones (excluding diaryl/α,β-unsaturated/α-hetero) is 1. The average Bonchev–Trinajstić information content (AvgIpc) is 2.41. The third kappa shape index (κ3) is 2.58. The van der Waals surface area contributed by atoms with Crippen molar-refractivity contribution >= 4 is 17.6 Å². The summed E-state index contributed by atoms with van der Waals surface area (Å²) in [5.41, 5.74) is 0.822. The van der Waals surface area contributed by atoms with Crippen molar-refractivity contribution in [1.82, 2.24) is 4.90 Å². The number of hydrogen-bond acceptors (Lipinski definition) is 3. The van der Waals surface area contributed by atoms with Crippen molar-refractivity contribution in [2.45, 2.75) is 46.5 Å². The number of hydrogen-bond donors (Lipinski definition) is 0. The van der Waals surface area contributed by atoms with E-state index in [1.165, 1.54) is 18.9 Å². The van der Waals surface area contributed by atoms with Crippen molar-refractivity contribution in [2.24, 2.45) is 5.41 Å². The van der Waals surface area contributed by atoms with Crippen molar-refractivity contribution in [3.8, 4) is 0 Å². The number of rotatable bonds is 2. The molecule has 1 aliphatic heterocycles. The maximum atomic E-state index is 12.8. The van der Waals surface area contributed by atoms with E-state index < -0.39 is 5.41 Å². The average molecular weight is 301 g/mol. The lowest BCUT2D eigenvalue weighted by Gasteiger charge is -2.41. The van der Waals surface area contributed by atoms with Crippen LogP contribution in [0.15, 0.2) is 18.2 Å². The first kappa shape index (κ1) is 16.4. The molecule has 1 atom stereocenters. The lowest BCUT2D eigenvalue weighted by Crippen LogP contribution is -2.52. The largest absolute Gasteiger partial charge is 0.295 e. The van der Waals surface area contributed by atoms with Gasteiger partial charge < -0.3 is 0 Å². The zero-order chi connectivity index (χ0) is 16.9. The van der Waals surface area contributed by atoms with Crippen molar-refractivity contribution in [2.75, 3.05) is 7.05 Å². The van der Waals surface area contributed by atoms with Gasteiger partial charge in [0.1, 0.15) is 0 Å². The van der Waals surface area contributed by atoms with E-state index in [4.69, 9.17) is 0 Å². The molecule has 0 saturated carbocycles. The number of carbonyl (C=O) groups excluding carboxylic acids is 3. The van der Waals surface area contributed by atoms with Crippen molar-refractivity contribution in [1.29, 1.82) is 0 Å². The third-order valence-corrected chi connectivity index (χ3v) is 4.22. The molecule has 1 aliphatic rings. The van der Waals surface area contributed by atoms with Crippen LogP contribution >= 0.6 is 0 Å². The van der Waals surface area contributed by atoms with E-state index >= 15 is 0 Å². The summed E-state index contributed by atoms with van der Waals surface area (Å²) in [6, 6.07) is 5.03. The summed E-state index contributed by atoms with van der Waals surface area (Å²) in [5, 5.41) is 0. The van der Waals surface area contributed by atoms with Gasteiger partial charge in [0.15, 0.2) is 5.78 Å². The molecule has 22 heavy (non-hydrogen) atoms. The monoisotopic (exact) mass is 301 g/mol. The Kier molecular flexibility index (Phi) is 3.76. The normalized spacial score (nSPS) is 21.8. The van der Waals surface area contributed by atoms with Crippen molar-refractivity contribution in [3.05, 3.63) is 34.9 Å². The first-order valence-electron chi connectivity index (χ1n) is 7.45. The van der Waals surface area contributed by atoms with E-state index in [1.807, 2.05) is 6.92 Å². The highest BCUT2D eigenvalue weighted by Gasteiger charge is 2.47. The first-order valence-corrected chi connectivity index (χ1v) is 7.45. The van der Waals surface area contributed by atoms with Crippen LogP contribution < -0.4 is 0 Å². The zero-order valence-electron chi connectivity index (χ0n) is 14.1. The molecule has 0 aliphatic carbocycles. The molecule has 0 fully saturated rings. The Hall–Kier alpha value is -1.97. The Balaban J connectivity index is 2.72. The van der Waals surface area contributed by atoms with Crippen LogP contribution in [0.25, 0.3) is 0 Å². The molecule has 0 bridgehead atoms. The van der Waals surface area contributed by atoms with Crippen LogP contribution in [0.4, 0.5) is 0 Å². The van der Waals surface area contributed by atoms with Gasteiger partial charge >= 0.3 is 0 Å². The number of amides is 2. The molecule has 4 nitrogen and oxygen atoms in total. The summed E-state index contributed by atoms with van der Waals surface area (Å²) in [5.74, 6) is -0.582. The predicted molar refractivity (Wildman–Crippen MR) is 85.0 cm³/mol. The van der Waals surface area contributed by atoms with E-state index in [0.29, 0.717) is 23.1 Å². The van der Waals surface area contributed by atoms with Crippen LogP contribution in [0.3, 0.4) is 0 Å². The Morgan fingerprint density at radius 1 is 1.23 bits per heavy atom. The summed E-state index contributed by atoms with van der Waals surface area (Å²) in [7, 11) is 1.52. The highest BCUT2D eigenvalue weighted by Crippen LogP contribution is 2.42. The van der Waals surface area contributed by atoms with Crippen LogP contribution in [-0.2, 0) is 10.2 Å². The molecule has 1 heterocycles. The molecule has 2 rings (SSSR count). The van der Waals surface area contributed by atoms with Crippen LogP contribution in [0.1, 0.15) is 67.3 Å². The molecule has 0 spiro atoms. The predicted octanol–water partition coefficient (Wildman–Crippen LogP) is 3.20. The summed E-state index contributed by atoms with van der Waals surface area (Å²) in [6.45, 7) is 9.55. The lowest BCUT2D eigenvalue weighted by molar-refractivity contribution is -0.135. The molecule has 1 aromatic rings. The summed E-state index contributed by atoms with van der Waals surface area (Å²) in [6.07, 6.45) is 0.602. The number of carbonyl (C=O) groups is 3. The van der Waals surface area contributed by atoms with E-state index in [1.54, 1.807) is 18.2 Å². The number of benzene rings is 1. The molecule has 0 N–H and O–H groups in total. The molecule has 0 saturated heterocycles. The van der Waals surface area contributed by atoms with Crippen molar-refractivity contribution < 1.29 is 14.4 Å². The fourth-order valence-corrected chi connectivity index (χ4v) is 3.40. The number of imide groups is 1. The maximum Gasteiger partial charge on any atom is 0.260 e. The molecular formula is C18H23NO3. The topological polar surface area (TPSA) is 54.5 Å². The SMILES string of the molecule is CC(=O)c1ccc2c(c1)C(C)(CC(C)(C)C)C(=O)N(C)C2=O. The molecule has 2 amide bonds. The van der Waals surface area contributed by atoms with Crippen LogP contribution in [0, 0.1) is 5.41 Å². The molecule has 1 unspecified atom stereocenters. The van der Waals surface area contributed by atoms with E-state index in [9.17, 15) is 14.4 Å². The molecule has 0 radical (unpaired) electrons. The van der Waals surface area contributed by atoms with Gasteiger partial charge in [-0.3, -0.25) is 19.3 Å². The van der Waals surface area contributed by atoms with E-state index in [2.05, 4.69) is 20.8 Å². The number of nitrogens with zero attached hydrogens (tertiary/aromatic N) is 1. The standard InChI is InChI=1S/C18H23NO3/c1-11(20)12-7-8-13-14(9-12)18(5,10-17(2,3)4)16(22)19(6)15(13)21/h7-9H,10H2,1-6H3. The van der Waals surface area contributed by atoms with Gasteiger partial charge in [-0.25, -0.2) is 0 Å². The van der Waals surface area contributed by atoms with Gasteiger partial charge in [0.05, 0.1) is 5.41 Å². The van der Waals surface area contributed by atoms with Crippen molar-refractivity contribution in [3.63, 3.8) is 0 Å². The van der Waals surface area contributed by atoms with Crippen LogP contribution in [0.5, 0.6) is 0 Å². The van der Waals surface area contributed by atoms with Gasteiger partial charge in [0.25, 0.3) is 5.91 Å². The van der Waals surface area contributed by atoms with Gasteiger partial charge in [0.2, 0.25) is 5.91 Å². The summed E-state index contributed by atoms with van der Waals surface area (Å²) in [4.78, 5) is 38.1. The summed E-state index contributed by atoms with van der Waals surface area (Å²) >= 11 is 0. The Morgan fingerprint density at radius 3 is 2.32 bits per heavy atom. The molecule has 1 aromatic carbocycles. The smallest absolute Gasteiger partial charge is 0.260 e. The fraction of sp³-hybridized carbons (Fsp3) is 0.500. The Bertz CT molecular complexity index is 669. The maximum absolute atomic E-state index is 12.8. The minimum Gasteiger partial charge on any atom is -0.295 e. The Morgan fingerprint density at radius 2 is 1.82 bits per heavy atom. The second-order valence-corrected chi connectivity index (χ2v) is 7.56. The van der Waals surface area contributed by atoms with Gasteiger partial charge in [0, 0.05) is 18.2 Å². The van der Waals surface area contributed by atoms with Gasteiger partial charge in [-0.15, -0.1) is 0 Å². The number of likely N-dealkylation sites (N-methyl/N-ethyl adjacent to an activating group) is 1. The molecular weight excluding hydrogens is 278 g/mol. The zero-order valence-corrected chi connectivity index (χ0v) is 14.1. The van der Waals surface area contributed by atoms with Crippen LogP contribution in [-0.4, -0.2) is 29.5 Å². The summed E-state index contributed by atoms with van der Waals surface area (Å²) < 4.78 is 0. The minimum atomic E-state index is -0.804. The highest BCUT2D eigenvalue weighted by atomic mass is 16.2. The fourth-order valence-electron chi connectivity index (χ4n) is 3.40. The lowest BCUT2D eigenvalue weighted by atomic mass is 9.67. The highest BCUT2D eigenvalue weighted by molar-refractivity contribution is 6.13. The molecule has 118 valence electrons. The minimum absolute atomic E-state index is 0.0697. The third-order valence-electron chi connectivity index (χ3n) is 4.22. The molecule has 4 heteroatoms. The van der Waals surface area contributed by atoms with Gasteiger partial charge in [-0.1, -0.05) is 26.8 Å². The first-order chi connectivity index (χ1) is 9.97. The molecule has 0 aromatic heterocycles. The second-order valence-electron chi connectivity index (χ2n) is 7.56. The number of ketones is 1. The Labute approximate surface area is 131 Å². The van der Waals surface area contributed by atoms with Gasteiger partial charge in [-0.2, -0.15) is 0 Å². The second kappa shape index (κ2) is 5.04. The number of fused-ring (bicyclic) bond motifs is 1. The van der Waals surface area contributed by atoms with E-state index in [0.717, 1.165) is 0 Å².